The Morgan fingerprint density at radius 2 is 1.97 bits per heavy atom. The van der Waals surface area contributed by atoms with E-state index in [2.05, 4.69) is 14.9 Å². The second-order valence-electron chi connectivity index (χ2n) is 7.41. The van der Waals surface area contributed by atoms with Crippen molar-refractivity contribution < 1.29 is 13.9 Å². The van der Waals surface area contributed by atoms with Crippen LogP contribution in [0.3, 0.4) is 0 Å². The lowest BCUT2D eigenvalue weighted by molar-refractivity contribution is 0.0376. The number of hydrogen-bond donors (Lipinski definition) is 0. The number of halogens is 1. The molecule has 1 aliphatic heterocycles. The highest BCUT2D eigenvalue weighted by atomic mass is 32.1. The number of benzene rings is 2. The van der Waals surface area contributed by atoms with Gasteiger partial charge in [-0.05, 0) is 42.8 Å². The number of thiazole rings is 2. The van der Waals surface area contributed by atoms with Gasteiger partial charge in [-0.2, -0.15) is 0 Å². The Kier molecular flexibility index (Phi) is 5.91. The molecule has 1 saturated heterocycles. The van der Waals surface area contributed by atoms with E-state index < -0.39 is 0 Å². The Morgan fingerprint density at radius 1 is 1.13 bits per heavy atom. The van der Waals surface area contributed by atoms with Gasteiger partial charge in [-0.25, -0.2) is 14.4 Å². The molecule has 0 spiro atoms. The third-order valence-corrected chi connectivity index (χ3v) is 7.19. The molecule has 0 unspecified atom stereocenters. The molecule has 0 atom stereocenters. The number of morpholine rings is 1. The predicted octanol–water partition coefficient (Wildman–Crippen LogP) is 4.41. The maximum atomic E-state index is 13.7. The quantitative estimate of drug-likeness (QED) is 0.430. The van der Waals surface area contributed by atoms with E-state index in [-0.39, 0.29) is 11.7 Å². The number of carbonyl (C=O) groups excluding carboxylic acids is 1. The van der Waals surface area contributed by atoms with Crippen molar-refractivity contribution in [1.82, 2.24) is 14.9 Å². The highest BCUT2D eigenvalue weighted by Gasteiger charge is 2.22. The number of nitrogens with zero attached hydrogens (tertiary/aromatic N) is 4. The van der Waals surface area contributed by atoms with E-state index in [1.165, 1.54) is 34.8 Å². The zero-order valence-electron chi connectivity index (χ0n) is 16.8. The van der Waals surface area contributed by atoms with E-state index >= 15 is 0 Å². The summed E-state index contributed by atoms with van der Waals surface area (Å²) in [6.45, 7) is 4.76. The van der Waals surface area contributed by atoms with Crippen LogP contribution in [0.25, 0.3) is 20.4 Å². The van der Waals surface area contributed by atoms with Crippen LogP contribution in [0.15, 0.2) is 41.9 Å². The fraction of sp³-hybridized carbons (Fsp3) is 0.318. The number of rotatable bonds is 6. The number of aromatic nitrogens is 2. The van der Waals surface area contributed by atoms with Crippen LogP contribution in [0.2, 0.25) is 0 Å². The van der Waals surface area contributed by atoms with Crippen LogP contribution in [0.5, 0.6) is 0 Å². The van der Waals surface area contributed by atoms with Crippen molar-refractivity contribution in [2.45, 2.75) is 6.42 Å². The first-order valence-electron chi connectivity index (χ1n) is 10.2. The molecular formula is C22H21FN4O2S2. The Hall–Kier alpha value is -2.46. The second-order valence-corrected chi connectivity index (χ2v) is 9.30. The summed E-state index contributed by atoms with van der Waals surface area (Å²) in [6.07, 6.45) is 0.818. The minimum Gasteiger partial charge on any atom is -0.379 e. The molecule has 2 aromatic carbocycles. The molecule has 6 nitrogen and oxygen atoms in total. The molecule has 0 N–H and O–H groups in total. The van der Waals surface area contributed by atoms with Crippen LogP contribution in [0, 0.1) is 5.82 Å². The van der Waals surface area contributed by atoms with Crippen LogP contribution in [-0.4, -0.2) is 60.2 Å². The van der Waals surface area contributed by atoms with E-state index in [1.807, 2.05) is 18.2 Å². The molecule has 2 aromatic heterocycles. The largest absolute Gasteiger partial charge is 0.379 e. The summed E-state index contributed by atoms with van der Waals surface area (Å²) < 4.78 is 20.8. The van der Waals surface area contributed by atoms with Gasteiger partial charge in [0.2, 0.25) is 0 Å². The molecule has 1 aliphatic rings. The van der Waals surface area contributed by atoms with Gasteiger partial charge in [0.15, 0.2) is 5.13 Å². The Morgan fingerprint density at radius 3 is 2.84 bits per heavy atom. The number of hydrogen-bond acceptors (Lipinski definition) is 7. The van der Waals surface area contributed by atoms with Crippen molar-refractivity contribution in [2.24, 2.45) is 0 Å². The van der Waals surface area contributed by atoms with Crippen LogP contribution in [0.1, 0.15) is 16.8 Å². The SMILES string of the molecule is O=C(c1ccc2ncsc2c1)N(CCCN1CCOCC1)c1nc2ccc(F)cc2s1. The van der Waals surface area contributed by atoms with Gasteiger partial charge >= 0.3 is 0 Å². The number of anilines is 1. The fourth-order valence-electron chi connectivity index (χ4n) is 3.71. The first kappa shape index (κ1) is 20.4. The highest BCUT2D eigenvalue weighted by molar-refractivity contribution is 7.22. The summed E-state index contributed by atoms with van der Waals surface area (Å²) in [5.74, 6) is -0.402. The molecule has 4 aromatic rings. The average molecular weight is 457 g/mol. The minimum absolute atomic E-state index is 0.100. The molecule has 1 fully saturated rings. The van der Waals surface area contributed by atoms with Crippen LogP contribution < -0.4 is 4.90 Å². The van der Waals surface area contributed by atoms with Gasteiger partial charge in [-0.3, -0.25) is 14.6 Å². The molecule has 31 heavy (non-hydrogen) atoms. The third-order valence-electron chi connectivity index (χ3n) is 5.35. The molecule has 0 radical (unpaired) electrons. The van der Waals surface area contributed by atoms with E-state index in [9.17, 15) is 9.18 Å². The Labute approximate surface area is 186 Å². The van der Waals surface area contributed by atoms with Crippen molar-refractivity contribution in [3.8, 4) is 0 Å². The van der Waals surface area contributed by atoms with Gasteiger partial charge in [0.25, 0.3) is 5.91 Å². The molecule has 5 rings (SSSR count). The van der Waals surface area contributed by atoms with E-state index in [1.54, 1.807) is 16.5 Å². The number of carbonyl (C=O) groups is 1. The minimum atomic E-state index is -0.302. The summed E-state index contributed by atoms with van der Waals surface area (Å²) in [5.41, 5.74) is 3.97. The van der Waals surface area contributed by atoms with Crippen molar-refractivity contribution in [3.63, 3.8) is 0 Å². The third kappa shape index (κ3) is 4.45. The van der Waals surface area contributed by atoms with Gasteiger partial charge in [-0.15, -0.1) is 11.3 Å². The molecule has 0 bridgehead atoms. The topological polar surface area (TPSA) is 58.6 Å². The lowest BCUT2D eigenvalue weighted by Crippen LogP contribution is -2.39. The van der Waals surface area contributed by atoms with Crippen molar-refractivity contribution in [1.29, 1.82) is 0 Å². The van der Waals surface area contributed by atoms with Crippen LogP contribution in [0.4, 0.5) is 9.52 Å². The smallest absolute Gasteiger partial charge is 0.260 e. The predicted molar refractivity (Wildman–Crippen MR) is 123 cm³/mol. The average Bonchev–Trinajstić information content (AvgIpc) is 3.42. The standard InChI is InChI=1S/C22H21FN4O2S2/c23-16-3-5-18-20(13-16)31-22(25-18)27(7-1-6-26-8-10-29-11-9-26)21(28)15-2-4-17-19(12-15)30-14-24-17/h2-5,12-14H,1,6-11H2. The zero-order chi connectivity index (χ0) is 21.2. The van der Waals surface area contributed by atoms with E-state index in [0.29, 0.717) is 22.8 Å². The van der Waals surface area contributed by atoms with Gasteiger partial charge in [0.05, 0.1) is 39.2 Å². The summed E-state index contributed by atoms with van der Waals surface area (Å²) in [4.78, 5) is 26.5. The lowest BCUT2D eigenvalue weighted by Gasteiger charge is -2.27. The lowest BCUT2D eigenvalue weighted by atomic mass is 10.2. The normalized spacial score (nSPS) is 15.0. The Balaban J connectivity index is 1.42. The molecule has 0 saturated carbocycles. The number of ether oxygens (including phenoxy) is 1. The summed E-state index contributed by atoms with van der Waals surface area (Å²) in [7, 11) is 0. The molecule has 3 heterocycles. The van der Waals surface area contributed by atoms with Gasteiger partial charge in [0, 0.05) is 31.7 Å². The van der Waals surface area contributed by atoms with E-state index in [4.69, 9.17) is 4.74 Å². The summed E-state index contributed by atoms with van der Waals surface area (Å²) in [5, 5.41) is 0.594. The number of fused-ring (bicyclic) bond motifs is 2. The summed E-state index contributed by atoms with van der Waals surface area (Å²) >= 11 is 2.86. The van der Waals surface area contributed by atoms with Crippen molar-refractivity contribution in [2.75, 3.05) is 44.3 Å². The summed E-state index contributed by atoms with van der Waals surface area (Å²) in [6, 6.07) is 10.1. The van der Waals surface area contributed by atoms with E-state index in [0.717, 1.165) is 54.2 Å². The first-order valence-corrected chi connectivity index (χ1v) is 11.9. The first-order chi connectivity index (χ1) is 15.2. The molecule has 9 heteroatoms. The number of amides is 1. The molecule has 1 amide bonds. The van der Waals surface area contributed by atoms with Gasteiger partial charge < -0.3 is 4.74 Å². The molecule has 0 aliphatic carbocycles. The molecular weight excluding hydrogens is 435 g/mol. The zero-order valence-corrected chi connectivity index (χ0v) is 18.4. The van der Waals surface area contributed by atoms with Crippen LogP contribution >= 0.6 is 22.7 Å². The van der Waals surface area contributed by atoms with Crippen LogP contribution in [-0.2, 0) is 4.74 Å². The van der Waals surface area contributed by atoms with Crippen molar-refractivity contribution >= 4 is 54.1 Å². The fourth-order valence-corrected chi connectivity index (χ4v) is 5.44. The monoisotopic (exact) mass is 456 g/mol. The maximum Gasteiger partial charge on any atom is 0.260 e. The second kappa shape index (κ2) is 8.96. The highest BCUT2D eigenvalue weighted by Crippen LogP contribution is 2.31. The van der Waals surface area contributed by atoms with Gasteiger partial charge in [-0.1, -0.05) is 11.3 Å². The van der Waals surface area contributed by atoms with Gasteiger partial charge in [0.1, 0.15) is 5.82 Å². The molecule has 160 valence electrons. The maximum absolute atomic E-state index is 13.7. The Bertz CT molecular complexity index is 1220. The van der Waals surface area contributed by atoms with Crippen molar-refractivity contribution in [3.05, 3.63) is 53.3 Å².